The summed E-state index contributed by atoms with van der Waals surface area (Å²) in [5, 5.41) is 3.56. The molecule has 18 heavy (non-hydrogen) atoms. The molecule has 1 N–H and O–H groups in total. The van der Waals surface area contributed by atoms with Gasteiger partial charge in [-0.2, -0.15) is 0 Å². The fourth-order valence-corrected chi connectivity index (χ4v) is 4.25. The van der Waals surface area contributed by atoms with E-state index in [9.17, 15) is 0 Å². The van der Waals surface area contributed by atoms with E-state index in [0.717, 1.165) is 36.2 Å². The molecule has 2 aliphatic rings. The number of rotatable bonds is 6. The molecule has 0 saturated heterocycles. The third-order valence-corrected chi connectivity index (χ3v) is 6.17. The lowest BCUT2D eigenvalue weighted by Gasteiger charge is -2.15. The second kappa shape index (κ2) is 7.93. The first kappa shape index (κ1) is 14.9. The maximum Gasteiger partial charge on any atom is 0.0510 e. The van der Waals surface area contributed by atoms with Crippen molar-refractivity contribution in [3.8, 4) is 0 Å². The molecule has 0 spiro atoms. The SMILES string of the molecule is PC1CCCC1C=NCCNCC1CCCC1P. The van der Waals surface area contributed by atoms with E-state index in [4.69, 9.17) is 0 Å². The molecule has 2 rings (SSSR count). The Balaban J connectivity index is 1.52. The zero-order chi connectivity index (χ0) is 12.8. The first-order chi connectivity index (χ1) is 8.77. The number of hydrogen-bond donors (Lipinski definition) is 1. The Labute approximate surface area is 117 Å². The summed E-state index contributed by atoms with van der Waals surface area (Å²) >= 11 is 0. The van der Waals surface area contributed by atoms with Crippen molar-refractivity contribution in [1.82, 2.24) is 5.32 Å². The van der Waals surface area contributed by atoms with Crippen molar-refractivity contribution in [2.75, 3.05) is 19.6 Å². The first-order valence-corrected chi connectivity index (χ1v) is 8.82. The summed E-state index contributed by atoms with van der Waals surface area (Å²) in [4.78, 5) is 4.58. The number of hydrogen-bond acceptors (Lipinski definition) is 2. The summed E-state index contributed by atoms with van der Waals surface area (Å²) < 4.78 is 0. The van der Waals surface area contributed by atoms with Crippen LogP contribution in [-0.4, -0.2) is 37.2 Å². The molecule has 0 aromatic carbocycles. The van der Waals surface area contributed by atoms with Gasteiger partial charge in [0.05, 0.1) is 6.54 Å². The molecule has 104 valence electrons. The summed E-state index contributed by atoms with van der Waals surface area (Å²) in [5.41, 5.74) is 1.62. The van der Waals surface area contributed by atoms with Crippen LogP contribution < -0.4 is 5.32 Å². The van der Waals surface area contributed by atoms with E-state index >= 15 is 0 Å². The molecule has 2 saturated carbocycles. The lowest BCUT2D eigenvalue weighted by molar-refractivity contribution is 0.502. The number of aliphatic imine (C=N–C) groups is 1. The van der Waals surface area contributed by atoms with Crippen LogP contribution in [0.15, 0.2) is 4.99 Å². The maximum absolute atomic E-state index is 4.58. The van der Waals surface area contributed by atoms with Crippen molar-refractivity contribution < 1.29 is 0 Å². The molecule has 6 unspecified atom stereocenters. The fourth-order valence-electron chi connectivity index (χ4n) is 3.16. The van der Waals surface area contributed by atoms with E-state index in [0.29, 0.717) is 0 Å². The quantitative estimate of drug-likeness (QED) is 0.453. The fraction of sp³-hybridized carbons (Fsp3) is 0.929. The standard InChI is InChI=1S/C14H28N2P2/c17-13-5-1-3-11(13)9-15-7-8-16-10-12-4-2-6-14(12)18/h9,11-14,16H,1-8,10,17-18H2. The smallest absolute Gasteiger partial charge is 0.0510 e. The van der Waals surface area contributed by atoms with Gasteiger partial charge < -0.3 is 5.32 Å². The first-order valence-electron chi connectivity index (χ1n) is 7.49. The molecule has 4 heteroatoms. The topological polar surface area (TPSA) is 24.4 Å². The van der Waals surface area contributed by atoms with E-state index in [1.807, 2.05) is 0 Å². The van der Waals surface area contributed by atoms with Crippen LogP contribution in [0, 0.1) is 11.8 Å². The average molecular weight is 286 g/mol. The summed E-state index contributed by atoms with van der Waals surface area (Å²) in [6.45, 7) is 3.17. The summed E-state index contributed by atoms with van der Waals surface area (Å²) in [6, 6.07) is 0. The van der Waals surface area contributed by atoms with Gasteiger partial charge in [0.25, 0.3) is 0 Å². The van der Waals surface area contributed by atoms with E-state index in [1.165, 1.54) is 45.1 Å². The summed E-state index contributed by atoms with van der Waals surface area (Å²) in [7, 11) is 5.98. The summed E-state index contributed by atoms with van der Waals surface area (Å²) in [5.74, 6) is 1.60. The Morgan fingerprint density at radius 2 is 1.83 bits per heavy atom. The van der Waals surface area contributed by atoms with E-state index in [1.54, 1.807) is 0 Å². The second-order valence-corrected chi connectivity index (χ2v) is 7.59. The minimum Gasteiger partial charge on any atom is -0.315 e. The normalized spacial score (nSPS) is 36.8. The van der Waals surface area contributed by atoms with Crippen LogP contribution in [0.5, 0.6) is 0 Å². The van der Waals surface area contributed by atoms with Crippen molar-refractivity contribution in [2.24, 2.45) is 16.8 Å². The highest BCUT2D eigenvalue weighted by Crippen LogP contribution is 2.31. The molecule has 0 aromatic rings. The van der Waals surface area contributed by atoms with Crippen LogP contribution in [-0.2, 0) is 0 Å². The molecule has 0 aliphatic heterocycles. The Morgan fingerprint density at radius 1 is 1.06 bits per heavy atom. The van der Waals surface area contributed by atoms with Gasteiger partial charge in [-0.05, 0) is 49.5 Å². The Morgan fingerprint density at radius 3 is 2.50 bits per heavy atom. The van der Waals surface area contributed by atoms with Crippen molar-refractivity contribution in [1.29, 1.82) is 0 Å². The van der Waals surface area contributed by atoms with Crippen LogP contribution in [0.4, 0.5) is 0 Å². The highest BCUT2D eigenvalue weighted by molar-refractivity contribution is 7.17. The van der Waals surface area contributed by atoms with Crippen molar-refractivity contribution in [3.05, 3.63) is 0 Å². The minimum absolute atomic E-state index is 0.723. The lowest BCUT2D eigenvalue weighted by atomic mass is 10.1. The molecular weight excluding hydrogens is 258 g/mol. The second-order valence-electron chi connectivity index (χ2n) is 5.87. The minimum atomic E-state index is 0.723. The third kappa shape index (κ3) is 4.55. The predicted molar refractivity (Wildman–Crippen MR) is 87.9 cm³/mol. The van der Waals surface area contributed by atoms with Crippen LogP contribution in [0.2, 0.25) is 0 Å². The number of nitrogens with zero attached hydrogens (tertiary/aromatic N) is 1. The summed E-state index contributed by atoms with van der Waals surface area (Å²) in [6.07, 6.45) is 10.5. The molecule has 0 aromatic heterocycles. The van der Waals surface area contributed by atoms with Crippen molar-refractivity contribution in [3.63, 3.8) is 0 Å². The molecule has 2 fully saturated rings. The molecule has 6 atom stereocenters. The molecule has 0 heterocycles. The van der Waals surface area contributed by atoms with Gasteiger partial charge in [0, 0.05) is 18.7 Å². The monoisotopic (exact) mass is 286 g/mol. The number of nitrogens with one attached hydrogen (secondary N) is 1. The highest BCUT2D eigenvalue weighted by atomic mass is 31.0. The maximum atomic E-state index is 4.58. The lowest BCUT2D eigenvalue weighted by Crippen LogP contribution is -2.27. The van der Waals surface area contributed by atoms with Gasteiger partial charge in [-0.25, -0.2) is 0 Å². The van der Waals surface area contributed by atoms with Gasteiger partial charge in [-0.1, -0.05) is 12.8 Å². The zero-order valence-electron chi connectivity index (χ0n) is 11.4. The van der Waals surface area contributed by atoms with E-state index in [-0.39, 0.29) is 0 Å². The molecule has 0 amide bonds. The van der Waals surface area contributed by atoms with Gasteiger partial charge in [0.15, 0.2) is 0 Å². The average Bonchev–Trinajstić information content (AvgIpc) is 2.94. The van der Waals surface area contributed by atoms with Gasteiger partial charge in [0.2, 0.25) is 0 Å². The highest BCUT2D eigenvalue weighted by Gasteiger charge is 2.23. The van der Waals surface area contributed by atoms with Crippen molar-refractivity contribution >= 4 is 24.7 Å². The molecule has 2 aliphatic carbocycles. The Bertz CT molecular complexity index is 271. The zero-order valence-corrected chi connectivity index (χ0v) is 13.7. The largest absolute Gasteiger partial charge is 0.315 e. The van der Waals surface area contributed by atoms with E-state index in [2.05, 4.69) is 35.0 Å². The molecule has 0 radical (unpaired) electrons. The predicted octanol–water partition coefficient (Wildman–Crippen LogP) is 2.73. The van der Waals surface area contributed by atoms with Gasteiger partial charge in [0.1, 0.15) is 0 Å². The third-order valence-electron chi connectivity index (χ3n) is 4.46. The van der Waals surface area contributed by atoms with Crippen LogP contribution >= 0.6 is 18.5 Å². The molecular formula is C14H28N2P2. The van der Waals surface area contributed by atoms with Gasteiger partial charge in [-0.3, -0.25) is 4.99 Å². The molecule has 2 nitrogen and oxygen atoms in total. The van der Waals surface area contributed by atoms with Crippen LogP contribution in [0.25, 0.3) is 0 Å². The molecule has 0 bridgehead atoms. The Hall–Kier alpha value is 0.490. The van der Waals surface area contributed by atoms with Crippen LogP contribution in [0.1, 0.15) is 38.5 Å². The Kier molecular flexibility index (Phi) is 6.56. The van der Waals surface area contributed by atoms with Gasteiger partial charge >= 0.3 is 0 Å². The van der Waals surface area contributed by atoms with Crippen molar-refractivity contribution in [2.45, 2.75) is 49.8 Å². The van der Waals surface area contributed by atoms with Crippen LogP contribution in [0.3, 0.4) is 0 Å². The van der Waals surface area contributed by atoms with Gasteiger partial charge in [-0.15, -0.1) is 18.5 Å². The van der Waals surface area contributed by atoms with E-state index < -0.39 is 0 Å².